The molecule has 0 heterocycles. The minimum Gasteiger partial charge on any atom is -0.508 e. The van der Waals surface area contributed by atoms with Crippen molar-refractivity contribution in [3.63, 3.8) is 0 Å². The van der Waals surface area contributed by atoms with E-state index in [1.807, 2.05) is 0 Å². The number of phenolic OH excluding ortho intramolecular Hbond substituents is 1. The number of anilines is 1. The Balaban J connectivity index is 1.62. The van der Waals surface area contributed by atoms with Crippen molar-refractivity contribution < 1.29 is 37.5 Å². The minimum absolute atomic E-state index is 0.110. The molecule has 3 aromatic rings. The van der Waals surface area contributed by atoms with Crippen molar-refractivity contribution in [3.8, 4) is 16.9 Å². The van der Waals surface area contributed by atoms with Crippen molar-refractivity contribution in [2.75, 3.05) is 11.9 Å². The minimum atomic E-state index is -4.79. The number of hydrogen-bond donors (Lipinski definition) is 2. The van der Waals surface area contributed by atoms with E-state index in [1.165, 1.54) is 24.3 Å². The molecule has 0 atom stereocenters. The van der Waals surface area contributed by atoms with Gasteiger partial charge in [-0.05, 0) is 47.5 Å². The summed E-state index contributed by atoms with van der Waals surface area (Å²) >= 11 is 0. The predicted octanol–water partition coefficient (Wildman–Crippen LogP) is 4.78. The van der Waals surface area contributed by atoms with Crippen molar-refractivity contribution >= 4 is 23.3 Å². The summed E-state index contributed by atoms with van der Waals surface area (Å²) in [5.74, 6) is -1.70. The van der Waals surface area contributed by atoms with Gasteiger partial charge in [0.15, 0.2) is 6.61 Å². The molecule has 0 unspecified atom stereocenters. The summed E-state index contributed by atoms with van der Waals surface area (Å²) in [6, 6.07) is 14.2. The summed E-state index contributed by atoms with van der Waals surface area (Å²) in [7, 11) is 0. The molecule has 3 rings (SSSR count). The number of rotatable bonds is 6. The quantitative estimate of drug-likeness (QED) is 0.310. The highest BCUT2D eigenvalue weighted by atomic mass is 19.4. The van der Waals surface area contributed by atoms with Gasteiger partial charge in [0.05, 0.1) is 16.1 Å². The van der Waals surface area contributed by atoms with Crippen molar-refractivity contribution in [2.45, 2.75) is 6.18 Å². The smallest absolute Gasteiger partial charge is 0.416 e. The molecule has 11 heteroatoms. The van der Waals surface area contributed by atoms with Gasteiger partial charge in [0.2, 0.25) is 0 Å². The van der Waals surface area contributed by atoms with Crippen LogP contribution in [0.3, 0.4) is 0 Å². The van der Waals surface area contributed by atoms with Crippen LogP contribution >= 0.6 is 0 Å². The Bertz CT molecular complexity index is 1190. The van der Waals surface area contributed by atoms with E-state index in [0.29, 0.717) is 12.1 Å². The molecule has 0 aliphatic rings. The molecule has 0 aliphatic carbocycles. The summed E-state index contributed by atoms with van der Waals surface area (Å²) < 4.78 is 43.1. The first kappa shape index (κ1) is 23.3. The van der Waals surface area contributed by atoms with Gasteiger partial charge in [-0.2, -0.15) is 13.2 Å². The number of aromatic hydroxyl groups is 1. The molecule has 3 aromatic carbocycles. The Morgan fingerprint density at radius 2 is 1.55 bits per heavy atom. The maximum absolute atomic E-state index is 12.8. The number of alkyl halides is 3. The van der Waals surface area contributed by atoms with Gasteiger partial charge >= 0.3 is 12.1 Å². The number of hydrogen-bond acceptors (Lipinski definition) is 6. The van der Waals surface area contributed by atoms with Crippen LogP contribution in [0, 0.1) is 10.1 Å². The van der Waals surface area contributed by atoms with Gasteiger partial charge < -0.3 is 15.2 Å². The monoisotopic (exact) mass is 460 g/mol. The van der Waals surface area contributed by atoms with E-state index in [-0.39, 0.29) is 11.3 Å². The second-order valence-electron chi connectivity index (χ2n) is 6.74. The lowest BCUT2D eigenvalue weighted by Gasteiger charge is -2.10. The van der Waals surface area contributed by atoms with Gasteiger partial charge in [0.1, 0.15) is 11.4 Å². The largest absolute Gasteiger partial charge is 0.508 e. The normalized spacial score (nSPS) is 11.0. The molecule has 170 valence electrons. The fraction of sp³-hybridized carbons (Fsp3) is 0.0909. The first-order chi connectivity index (χ1) is 15.5. The third-order valence-electron chi connectivity index (χ3n) is 4.45. The molecule has 0 bridgehead atoms. The third-order valence-corrected chi connectivity index (χ3v) is 4.45. The zero-order chi connectivity index (χ0) is 24.2. The molecule has 0 radical (unpaired) electrons. The van der Waals surface area contributed by atoms with Crippen LogP contribution in [0.1, 0.15) is 15.9 Å². The Labute approximate surface area is 184 Å². The maximum Gasteiger partial charge on any atom is 0.416 e. The number of nitro benzene ring substituents is 1. The van der Waals surface area contributed by atoms with E-state index in [9.17, 15) is 38.0 Å². The highest BCUT2D eigenvalue weighted by Gasteiger charge is 2.33. The second-order valence-corrected chi connectivity index (χ2v) is 6.74. The van der Waals surface area contributed by atoms with E-state index >= 15 is 0 Å². The Morgan fingerprint density at radius 1 is 0.970 bits per heavy atom. The van der Waals surface area contributed by atoms with Gasteiger partial charge in [-0.3, -0.25) is 14.9 Å². The summed E-state index contributed by atoms with van der Waals surface area (Å²) in [5, 5.41) is 22.5. The number of nitrogens with one attached hydrogen (secondary N) is 1. The average molecular weight is 460 g/mol. The number of phenols is 1. The van der Waals surface area contributed by atoms with Crippen LogP contribution < -0.4 is 5.32 Å². The van der Waals surface area contributed by atoms with E-state index in [4.69, 9.17) is 4.74 Å². The summed E-state index contributed by atoms with van der Waals surface area (Å²) in [5.41, 5.74) is -0.967. The molecular formula is C22H15F3N2O6. The number of halogens is 3. The first-order valence-corrected chi connectivity index (χ1v) is 9.26. The van der Waals surface area contributed by atoms with Crippen LogP contribution in [0.5, 0.6) is 5.75 Å². The molecule has 0 spiro atoms. The van der Waals surface area contributed by atoms with E-state index in [0.717, 1.165) is 17.2 Å². The Morgan fingerprint density at radius 3 is 2.09 bits per heavy atom. The van der Waals surface area contributed by atoms with Gasteiger partial charge in [0, 0.05) is 6.07 Å². The lowest BCUT2D eigenvalue weighted by molar-refractivity contribution is -0.384. The predicted molar refractivity (Wildman–Crippen MR) is 111 cm³/mol. The zero-order valence-corrected chi connectivity index (χ0v) is 16.6. The lowest BCUT2D eigenvalue weighted by atomic mass is 10.0. The lowest BCUT2D eigenvalue weighted by Crippen LogP contribution is -2.21. The highest BCUT2D eigenvalue weighted by Crippen LogP contribution is 2.35. The SMILES string of the molecule is O=C(COC(=O)c1ccc(-c2ccc(O)cc2)cc1)Nc1ccc(C(F)(F)F)cc1[N+](=O)[O-]. The molecule has 0 saturated carbocycles. The molecule has 0 fully saturated rings. The van der Waals surface area contributed by atoms with E-state index in [1.54, 1.807) is 24.3 Å². The number of esters is 1. The molecule has 0 aromatic heterocycles. The highest BCUT2D eigenvalue weighted by molar-refractivity contribution is 5.97. The summed E-state index contributed by atoms with van der Waals surface area (Å²) in [6.45, 7) is -0.809. The van der Waals surface area contributed by atoms with Crippen LogP contribution in [-0.2, 0) is 15.7 Å². The Hall–Kier alpha value is -4.41. The van der Waals surface area contributed by atoms with Gasteiger partial charge in [-0.1, -0.05) is 24.3 Å². The van der Waals surface area contributed by atoms with Crippen molar-refractivity contribution in [3.05, 3.63) is 88.0 Å². The molecule has 0 aliphatic heterocycles. The number of nitrogens with zero attached hydrogens (tertiary/aromatic N) is 1. The average Bonchev–Trinajstić information content (AvgIpc) is 2.77. The summed E-state index contributed by atoms with van der Waals surface area (Å²) in [4.78, 5) is 34.2. The first-order valence-electron chi connectivity index (χ1n) is 9.26. The molecule has 1 amide bonds. The van der Waals surface area contributed by atoms with E-state index < -0.39 is 46.5 Å². The fourth-order valence-electron chi connectivity index (χ4n) is 2.82. The van der Waals surface area contributed by atoms with Crippen molar-refractivity contribution in [2.24, 2.45) is 0 Å². The van der Waals surface area contributed by atoms with E-state index in [2.05, 4.69) is 5.32 Å². The molecule has 0 saturated heterocycles. The van der Waals surface area contributed by atoms with Gasteiger partial charge in [-0.15, -0.1) is 0 Å². The topological polar surface area (TPSA) is 119 Å². The summed E-state index contributed by atoms with van der Waals surface area (Å²) in [6.07, 6.45) is -4.79. The molecular weight excluding hydrogens is 445 g/mol. The maximum atomic E-state index is 12.8. The van der Waals surface area contributed by atoms with Crippen LogP contribution in [-0.4, -0.2) is 28.5 Å². The molecule has 33 heavy (non-hydrogen) atoms. The number of carbonyl (C=O) groups is 2. The Kier molecular flexibility index (Phi) is 6.61. The molecule has 8 nitrogen and oxygen atoms in total. The van der Waals surface area contributed by atoms with Crippen molar-refractivity contribution in [1.29, 1.82) is 0 Å². The van der Waals surface area contributed by atoms with Gasteiger partial charge in [-0.25, -0.2) is 4.79 Å². The molecule has 2 N–H and O–H groups in total. The fourth-order valence-corrected chi connectivity index (χ4v) is 2.82. The third kappa shape index (κ3) is 5.85. The standard InChI is InChI=1S/C22H15F3N2O6/c23-22(24,25)16-7-10-18(19(11-16)27(31)32)26-20(29)12-33-21(30)15-3-1-13(2-4-15)14-5-8-17(28)9-6-14/h1-11,28H,12H2,(H,26,29). The van der Waals surface area contributed by atoms with Crippen molar-refractivity contribution in [1.82, 2.24) is 0 Å². The number of carbonyl (C=O) groups excluding carboxylic acids is 2. The number of benzene rings is 3. The van der Waals surface area contributed by atoms with Gasteiger partial charge in [0.25, 0.3) is 11.6 Å². The van der Waals surface area contributed by atoms with Crippen LogP contribution in [0.4, 0.5) is 24.5 Å². The van der Waals surface area contributed by atoms with Crippen LogP contribution in [0.25, 0.3) is 11.1 Å². The second kappa shape index (κ2) is 9.39. The zero-order valence-electron chi connectivity index (χ0n) is 16.6. The number of nitro groups is 1. The van der Waals surface area contributed by atoms with Crippen LogP contribution in [0.2, 0.25) is 0 Å². The number of amides is 1. The van der Waals surface area contributed by atoms with Crippen LogP contribution in [0.15, 0.2) is 66.7 Å². The number of ether oxygens (including phenoxy) is 1.